The Morgan fingerprint density at radius 1 is 1.17 bits per heavy atom. The summed E-state index contributed by atoms with van der Waals surface area (Å²) in [5.41, 5.74) is 6.56. The van der Waals surface area contributed by atoms with Crippen molar-refractivity contribution in [2.45, 2.75) is 0 Å². The number of nitrogens with zero attached hydrogens (tertiary/aromatic N) is 3. The summed E-state index contributed by atoms with van der Waals surface area (Å²) >= 11 is 22.6. The summed E-state index contributed by atoms with van der Waals surface area (Å²) in [7, 11) is 0. The number of benzene rings is 1. The second kappa shape index (κ2) is 5.32. The molecule has 92 valence electrons. The van der Waals surface area contributed by atoms with Crippen molar-refractivity contribution in [1.82, 2.24) is 15.2 Å². The lowest BCUT2D eigenvalue weighted by Crippen LogP contribution is -2.04. The Labute approximate surface area is 123 Å². The van der Waals surface area contributed by atoms with Crippen molar-refractivity contribution in [3.05, 3.63) is 33.0 Å². The number of rotatable bonds is 2. The summed E-state index contributed by atoms with van der Waals surface area (Å²) in [5.74, 6) is 0.414. The molecular formula is C10H5Cl3N4S. The monoisotopic (exact) mass is 318 g/mol. The quantitative estimate of drug-likeness (QED) is 0.678. The van der Waals surface area contributed by atoms with Gasteiger partial charge in [-0.15, -0.1) is 10.2 Å². The van der Waals surface area contributed by atoms with Gasteiger partial charge < -0.3 is 5.73 Å². The van der Waals surface area contributed by atoms with E-state index in [4.69, 9.17) is 52.8 Å². The highest BCUT2D eigenvalue weighted by molar-refractivity contribution is 7.79. The zero-order chi connectivity index (χ0) is 13.3. The fourth-order valence-corrected chi connectivity index (χ4v) is 2.11. The normalized spacial score (nSPS) is 10.4. The lowest BCUT2D eigenvalue weighted by Gasteiger charge is -2.07. The van der Waals surface area contributed by atoms with Crippen LogP contribution in [0.5, 0.6) is 0 Å². The molecule has 0 aliphatic carbocycles. The minimum Gasteiger partial charge on any atom is -0.382 e. The van der Waals surface area contributed by atoms with Gasteiger partial charge in [0.15, 0.2) is 11.6 Å². The van der Waals surface area contributed by atoms with Crippen LogP contribution in [0.2, 0.25) is 15.1 Å². The Hall–Kier alpha value is -1.01. The maximum absolute atomic E-state index is 6.08. The molecule has 0 unspecified atom stereocenters. The van der Waals surface area contributed by atoms with E-state index in [1.165, 1.54) is 11.4 Å². The first-order chi connectivity index (χ1) is 8.52. The molecule has 1 aromatic heterocycles. The van der Waals surface area contributed by atoms with Gasteiger partial charge in [-0.25, -0.2) is 4.98 Å². The molecule has 2 aromatic rings. The average Bonchev–Trinajstić information content (AvgIpc) is 2.34. The smallest absolute Gasteiger partial charge is 0.187 e. The lowest BCUT2D eigenvalue weighted by molar-refractivity contribution is 0.973. The predicted molar refractivity (Wildman–Crippen MR) is 77.5 cm³/mol. The summed E-state index contributed by atoms with van der Waals surface area (Å²) in [6.07, 6.45) is 0. The van der Waals surface area contributed by atoms with E-state index in [1.54, 1.807) is 6.07 Å². The van der Waals surface area contributed by atoms with Gasteiger partial charge in [0.2, 0.25) is 0 Å². The standard InChI is InChI=1S/C10H5Cl3N4S/c11-4-1-5(8(13)6(12)2-4)9-10(14)15-7(3-18)16-17-9/h1-3H,(H2,14,15,16). The third-order valence-corrected chi connectivity index (χ3v) is 3.31. The van der Waals surface area contributed by atoms with Crippen molar-refractivity contribution in [1.29, 1.82) is 0 Å². The number of nitrogen functional groups attached to an aromatic ring is 1. The van der Waals surface area contributed by atoms with Crippen molar-refractivity contribution in [3.8, 4) is 11.3 Å². The molecule has 1 aromatic carbocycles. The molecule has 0 aliphatic heterocycles. The van der Waals surface area contributed by atoms with E-state index in [0.717, 1.165) is 0 Å². The van der Waals surface area contributed by atoms with E-state index in [-0.39, 0.29) is 11.6 Å². The molecule has 0 aliphatic rings. The minimum atomic E-state index is 0.154. The van der Waals surface area contributed by atoms with Gasteiger partial charge in [0.05, 0.1) is 10.0 Å². The zero-order valence-corrected chi connectivity index (χ0v) is 11.8. The maximum atomic E-state index is 6.08. The van der Waals surface area contributed by atoms with Gasteiger partial charge in [0, 0.05) is 16.0 Å². The molecule has 0 bridgehead atoms. The van der Waals surface area contributed by atoms with Crippen molar-refractivity contribution < 1.29 is 0 Å². The molecule has 0 atom stereocenters. The van der Waals surface area contributed by atoms with Crippen LogP contribution in [-0.4, -0.2) is 20.5 Å². The fraction of sp³-hybridized carbons (Fsp3) is 0. The predicted octanol–water partition coefficient (Wildman–Crippen LogP) is 3.43. The molecule has 0 saturated carbocycles. The van der Waals surface area contributed by atoms with Crippen LogP contribution in [0, 0.1) is 0 Å². The highest BCUT2D eigenvalue weighted by Gasteiger charge is 2.15. The van der Waals surface area contributed by atoms with Gasteiger partial charge in [-0.2, -0.15) is 0 Å². The Morgan fingerprint density at radius 2 is 1.89 bits per heavy atom. The van der Waals surface area contributed by atoms with E-state index in [1.807, 2.05) is 0 Å². The second-order valence-electron chi connectivity index (χ2n) is 3.27. The lowest BCUT2D eigenvalue weighted by atomic mass is 10.1. The van der Waals surface area contributed by atoms with Crippen LogP contribution in [0.3, 0.4) is 0 Å². The number of hydrogen-bond donors (Lipinski definition) is 1. The summed E-state index contributed by atoms with van der Waals surface area (Å²) in [4.78, 5) is 3.97. The zero-order valence-electron chi connectivity index (χ0n) is 8.69. The molecule has 4 nitrogen and oxygen atoms in total. The van der Waals surface area contributed by atoms with Gasteiger partial charge in [-0.05, 0) is 12.1 Å². The van der Waals surface area contributed by atoms with E-state index in [0.29, 0.717) is 26.3 Å². The number of aromatic nitrogens is 3. The fourth-order valence-electron chi connectivity index (χ4n) is 1.32. The Morgan fingerprint density at radius 3 is 2.50 bits per heavy atom. The van der Waals surface area contributed by atoms with Crippen LogP contribution in [0.15, 0.2) is 12.1 Å². The first-order valence-electron chi connectivity index (χ1n) is 4.63. The van der Waals surface area contributed by atoms with Gasteiger partial charge in [0.25, 0.3) is 0 Å². The van der Waals surface area contributed by atoms with Gasteiger partial charge in [-0.3, -0.25) is 0 Å². The Kier molecular flexibility index (Phi) is 3.97. The van der Waals surface area contributed by atoms with Crippen molar-refractivity contribution in [2.24, 2.45) is 0 Å². The molecule has 2 rings (SSSR count). The molecule has 0 radical (unpaired) electrons. The molecular weight excluding hydrogens is 315 g/mol. The van der Waals surface area contributed by atoms with Gasteiger partial charge >= 0.3 is 0 Å². The van der Waals surface area contributed by atoms with Gasteiger partial charge in [-0.1, -0.05) is 47.0 Å². The van der Waals surface area contributed by atoms with Gasteiger partial charge in [0.1, 0.15) is 5.69 Å². The molecule has 0 saturated heterocycles. The third-order valence-electron chi connectivity index (χ3n) is 2.08. The SMILES string of the molecule is Nc1nc(C=S)nnc1-c1cc(Cl)cc(Cl)c1Cl. The van der Waals surface area contributed by atoms with E-state index in [9.17, 15) is 0 Å². The molecule has 18 heavy (non-hydrogen) atoms. The van der Waals surface area contributed by atoms with E-state index in [2.05, 4.69) is 15.2 Å². The highest BCUT2D eigenvalue weighted by atomic mass is 35.5. The largest absolute Gasteiger partial charge is 0.382 e. The molecule has 0 spiro atoms. The van der Waals surface area contributed by atoms with Crippen molar-refractivity contribution >= 4 is 58.2 Å². The molecule has 0 amide bonds. The molecule has 0 fully saturated rings. The first kappa shape index (κ1) is 13.4. The number of hydrogen-bond acceptors (Lipinski definition) is 5. The van der Waals surface area contributed by atoms with Crippen LogP contribution in [0.1, 0.15) is 5.82 Å². The number of thiocarbonyl (C=S) groups is 1. The van der Waals surface area contributed by atoms with Crippen molar-refractivity contribution in [2.75, 3.05) is 5.73 Å². The van der Waals surface area contributed by atoms with Crippen LogP contribution >= 0.6 is 47.0 Å². The minimum absolute atomic E-state index is 0.154. The topological polar surface area (TPSA) is 64.7 Å². The summed E-state index contributed by atoms with van der Waals surface area (Å²) in [6, 6.07) is 3.12. The Balaban J connectivity index is 2.65. The number of anilines is 1. The summed E-state index contributed by atoms with van der Waals surface area (Å²) in [5, 5.41) is 10.0. The van der Waals surface area contributed by atoms with Crippen LogP contribution in [-0.2, 0) is 0 Å². The van der Waals surface area contributed by atoms with Crippen LogP contribution in [0.4, 0.5) is 5.82 Å². The second-order valence-corrected chi connectivity index (χ2v) is 4.73. The van der Waals surface area contributed by atoms with Crippen molar-refractivity contribution in [3.63, 3.8) is 0 Å². The number of nitrogens with two attached hydrogens (primary N) is 1. The van der Waals surface area contributed by atoms with E-state index < -0.39 is 0 Å². The number of halogens is 3. The Bertz CT molecular complexity index is 633. The average molecular weight is 320 g/mol. The summed E-state index contributed by atoms with van der Waals surface area (Å²) in [6.45, 7) is 0. The summed E-state index contributed by atoms with van der Waals surface area (Å²) < 4.78 is 0. The van der Waals surface area contributed by atoms with Crippen LogP contribution in [0.25, 0.3) is 11.3 Å². The first-order valence-corrected chi connectivity index (χ1v) is 6.23. The van der Waals surface area contributed by atoms with Crippen LogP contribution < -0.4 is 5.73 Å². The molecule has 2 N–H and O–H groups in total. The molecule has 8 heteroatoms. The van der Waals surface area contributed by atoms with E-state index >= 15 is 0 Å². The maximum Gasteiger partial charge on any atom is 0.187 e. The highest BCUT2D eigenvalue weighted by Crippen LogP contribution is 2.36. The molecule has 1 heterocycles. The third kappa shape index (κ3) is 2.54.